The lowest BCUT2D eigenvalue weighted by molar-refractivity contribution is 0.793. The van der Waals surface area contributed by atoms with Crippen molar-refractivity contribution in [3.05, 3.63) is 30.4 Å². The van der Waals surface area contributed by atoms with Crippen molar-refractivity contribution in [3.63, 3.8) is 0 Å². The molecule has 0 amide bonds. The maximum absolute atomic E-state index is 4.31. The Kier molecular flexibility index (Phi) is 2.96. The molecule has 3 heterocycles. The third-order valence-corrected chi connectivity index (χ3v) is 3.35. The molecule has 5 nitrogen and oxygen atoms in total. The summed E-state index contributed by atoms with van der Waals surface area (Å²) in [5, 5.41) is 8.24. The van der Waals surface area contributed by atoms with Crippen LogP contribution in [0.5, 0.6) is 0 Å². The second kappa shape index (κ2) is 4.76. The van der Waals surface area contributed by atoms with Crippen LogP contribution in [0.15, 0.2) is 24.7 Å². The molecule has 0 bridgehead atoms. The van der Waals surface area contributed by atoms with Crippen molar-refractivity contribution in [2.75, 3.05) is 18.0 Å². The van der Waals surface area contributed by atoms with E-state index < -0.39 is 0 Å². The average molecular weight is 243 g/mol. The molecular formula is C13H17N5. The molecule has 0 radical (unpaired) electrons. The number of nitrogens with zero attached hydrogens (tertiary/aromatic N) is 5. The highest BCUT2D eigenvalue weighted by Crippen LogP contribution is 2.21. The van der Waals surface area contributed by atoms with Gasteiger partial charge in [0.1, 0.15) is 0 Å². The summed E-state index contributed by atoms with van der Waals surface area (Å²) in [6, 6.07) is 2.13. The number of rotatable bonds is 3. The third kappa shape index (κ3) is 2.08. The number of aromatic nitrogens is 4. The van der Waals surface area contributed by atoms with Crippen LogP contribution in [0.3, 0.4) is 0 Å². The van der Waals surface area contributed by atoms with E-state index >= 15 is 0 Å². The molecule has 1 fully saturated rings. The normalized spacial score (nSPS) is 15.3. The van der Waals surface area contributed by atoms with E-state index in [2.05, 4.69) is 33.2 Å². The molecule has 5 heteroatoms. The van der Waals surface area contributed by atoms with Gasteiger partial charge in [0.15, 0.2) is 0 Å². The van der Waals surface area contributed by atoms with Gasteiger partial charge in [-0.25, -0.2) is 4.68 Å². The Morgan fingerprint density at radius 2 is 1.94 bits per heavy atom. The minimum atomic E-state index is 0.902. The summed E-state index contributed by atoms with van der Waals surface area (Å²) in [6.07, 6.45) is 9.16. The Hall–Kier alpha value is -1.91. The minimum absolute atomic E-state index is 0.902. The summed E-state index contributed by atoms with van der Waals surface area (Å²) >= 11 is 0. The molecular weight excluding hydrogens is 226 g/mol. The van der Waals surface area contributed by atoms with Crippen LogP contribution in [0.4, 0.5) is 5.69 Å². The van der Waals surface area contributed by atoms with Gasteiger partial charge in [-0.2, -0.15) is 0 Å². The first-order chi connectivity index (χ1) is 8.86. The molecule has 94 valence electrons. The molecule has 0 spiro atoms. The standard InChI is InChI=1S/C13H17N5/c1-2-11-10-18(16-15-11)13-7-12(8-14-9-13)17-5-3-4-6-17/h7-10H,2-6H2,1H3. The first-order valence-electron chi connectivity index (χ1n) is 6.48. The molecule has 2 aromatic heterocycles. The fourth-order valence-corrected chi connectivity index (χ4v) is 2.28. The largest absolute Gasteiger partial charge is 0.370 e. The summed E-state index contributed by atoms with van der Waals surface area (Å²) in [5.74, 6) is 0. The highest BCUT2D eigenvalue weighted by atomic mass is 15.4. The van der Waals surface area contributed by atoms with E-state index in [-0.39, 0.29) is 0 Å². The van der Waals surface area contributed by atoms with Crippen molar-refractivity contribution in [2.24, 2.45) is 0 Å². The lowest BCUT2D eigenvalue weighted by Gasteiger charge is -2.17. The molecule has 1 saturated heterocycles. The zero-order chi connectivity index (χ0) is 12.4. The summed E-state index contributed by atoms with van der Waals surface area (Å²) in [7, 11) is 0. The molecule has 0 saturated carbocycles. The summed E-state index contributed by atoms with van der Waals surface area (Å²) in [4.78, 5) is 6.68. The van der Waals surface area contributed by atoms with Crippen LogP contribution in [0.1, 0.15) is 25.5 Å². The average Bonchev–Trinajstić information content (AvgIpc) is 3.10. The van der Waals surface area contributed by atoms with Crippen molar-refractivity contribution < 1.29 is 0 Å². The van der Waals surface area contributed by atoms with Gasteiger partial charge in [-0.05, 0) is 25.3 Å². The molecule has 1 aliphatic rings. The van der Waals surface area contributed by atoms with Crippen LogP contribution in [0, 0.1) is 0 Å². The van der Waals surface area contributed by atoms with Crippen LogP contribution in [0.2, 0.25) is 0 Å². The number of aryl methyl sites for hydroxylation is 1. The van der Waals surface area contributed by atoms with Crippen LogP contribution >= 0.6 is 0 Å². The van der Waals surface area contributed by atoms with Crippen molar-refractivity contribution >= 4 is 5.69 Å². The number of hydrogen-bond donors (Lipinski definition) is 0. The van der Waals surface area contributed by atoms with E-state index in [9.17, 15) is 0 Å². The lowest BCUT2D eigenvalue weighted by atomic mass is 10.3. The molecule has 0 aromatic carbocycles. The smallest absolute Gasteiger partial charge is 0.0867 e. The van der Waals surface area contributed by atoms with Crippen molar-refractivity contribution in [1.82, 2.24) is 20.0 Å². The van der Waals surface area contributed by atoms with Gasteiger partial charge >= 0.3 is 0 Å². The maximum atomic E-state index is 4.31. The Labute approximate surface area is 106 Å². The van der Waals surface area contributed by atoms with Gasteiger partial charge in [-0.1, -0.05) is 12.1 Å². The highest BCUT2D eigenvalue weighted by Gasteiger charge is 2.13. The van der Waals surface area contributed by atoms with Crippen LogP contribution < -0.4 is 4.90 Å². The van der Waals surface area contributed by atoms with E-state index in [0.29, 0.717) is 0 Å². The predicted molar refractivity (Wildman–Crippen MR) is 70.0 cm³/mol. The number of pyridine rings is 1. The van der Waals surface area contributed by atoms with Gasteiger partial charge in [0.25, 0.3) is 0 Å². The topological polar surface area (TPSA) is 46.8 Å². The Balaban J connectivity index is 1.90. The van der Waals surface area contributed by atoms with Gasteiger partial charge < -0.3 is 4.90 Å². The maximum Gasteiger partial charge on any atom is 0.0867 e. The summed E-state index contributed by atoms with van der Waals surface area (Å²) < 4.78 is 1.80. The number of anilines is 1. The number of hydrogen-bond acceptors (Lipinski definition) is 4. The third-order valence-electron chi connectivity index (χ3n) is 3.35. The zero-order valence-corrected chi connectivity index (χ0v) is 10.6. The lowest BCUT2D eigenvalue weighted by Crippen LogP contribution is -2.18. The fraction of sp³-hybridized carbons (Fsp3) is 0.462. The van der Waals surface area contributed by atoms with Crippen molar-refractivity contribution in [3.8, 4) is 5.69 Å². The Morgan fingerprint density at radius 3 is 2.67 bits per heavy atom. The van der Waals surface area contributed by atoms with Crippen molar-refractivity contribution in [1.29, 1.82) is 0 Å². The molecule has 2 aromatic rings. The first-order valence-corrected chi connectivity index (χ1v) is 6.48. The predicted octanol–water partition coefficient (Wildman–Crippen LogP) is 1.82. The van der Waals surface area contributed by atoms with E-state index in [0.717, 1.165) is 30.9 Å². The summed E-state index contributed by atoms with van der Waals surface area (Å²) in [5.41, 5.74) is 3.16. The fourth-order valence-electron chi connectivity index (χ4n) is 2.28. The molecule has 0 unspecified atom stereocenters. The Morgan fingerprint density at radius 1 is 1.17 bits per heavy atom. The quantitative estimate of drug-likeness (QED) is 0.825. The van der Waals surface area contributed by atoms with Gasteiger partial charge in [0.05, 0.1) is 35.7 Å². The molecule has 0 N–H and O–H groups in total. The summed E-state index contributed by atoms with van der Waals surface area (Å²) in [6.45, 7) is 4.33. The van der Waals surface area contributed by atoms with E-state index in [1.807, 2.05) is 18.6 Å². The van der Waals surface area contributed by atoms with Crippen LogP contribution in [-0.2, 0) is 6.42 Å². The molecule has 0 aliphatic carbocycles. The van der Waals surface area contributed by atoms with Gasteiger partial charge in [-0.15, -0.1) is 5.10 Å². The van der Waals surface area contributed by atoms with Gasteiger partial charge in [0, 0.05) is 13.1 Å². The highest BCUT2D eigenvalue weighted by molar-refractivity contribution is 5.50. The molecule has 1 aliphatic heterocycles. The molecule has 0 atom stereocenters. The van der Waals surface area contributed by atoms with E-state index in [1.165, 1.54) is 18.5 Å². The SMILES string of the molecule is CCc1cn(-c2cncc(N3CCCC3)c2)nn1. The van der Waals surface area contributed by atoms with Gasteiger partial charge in [-0.3, -0.25) is 4.98 Å². The second-order valence-corrected chi connectivity index (χ2v) is 4.60. The second-order valence-electron chi connectivity index (χ2n) is 4.60. The zero-order valence-electron chi connectivity index (χ0n) is 10.6. The monoisotopic (exact) mass is 243 g/mol. The molecule has 18 heavy (non-hydrogen) atoms. The minimum Gasteiger partial charge on any atom is -0.370 e. The Bertz CT molecular complexity index is 528. The van der Waals surface area contributed by atoms with Crippen LogP contribution in [-0.4, -0.2) is 33.1 Å². The van der Waals surface area contributed by atoms with Crippen LogP contribution in [0.25, 0.3) is 5.69 Å². The van der Waals surface area contributed by atoms with E-state index in [4.69, 9.17) is 0 Å². The van der Waals surface area contributed by atoms with Crippen molar-refractivity contribution in [2.45, 2.75) is 26.2 Å². The van der Waals surface area contributed by atoms with E-state index in [1.54, 1.807) is 4.68 Å². The van der Waals surface area contributed by atoms with Gasteiger partial charge in [0.2, 0.25) is 0 Å². The molecule has 3 rings (SSSR count). The first kappa shape index (κ1) is 11.2.